The van der Waals surface area contributed by atoms with Crippen LogP contribution < -0.4 is 10.1 Å². The molecular formula is C35H34N6O2S. The average molecular weight is 603 g/mol. The standard InChI is InChI=1S/C35H34N6O2S/c1-34(2)30(31-37-38-39-40(31)23-24-19-21-28(43-3)22-20-24)41-32(42)29(33(41)44-34)36-35(25-13-7-4-8-14-25,26-15-9-5-10-16-26)27-17-11-6-12-18-27/h4-22,29-30,33,36H,23H2,1-3H3/t29?,30?,33-/m0/s1. The van der Waals surface area contributed by atoms with Crippen LogP contribution in [0.25, 0.3) is 0 Å². The Morgan fingerprint density at radius 2 is 1.39 bits per heavy atom. The molecule has 0 saturated carbocycles. The SMILES string of the molecule is COc1ccc(Cn2nnnc2C2N3C(=O)C(NC(c4ccccc4)(c4ccccc4)c4ccccc4)[C@@H]3SC2(C)C)cc1. The maximum Gasteiger partial charge on any atom is 0.244 e. The van der Waals surface area contributed by atoms with Gasteiger partial charge in [0.2, 0.25) is 5.91 Å². The molecule has 9 heteroatoms. The first-order valence-corrected chi connectivity index (χ1v) is 15.6. The van der Waals surface area contributed by atoms with Crippen molar-refractivity contribution in [3.05, 3.63) is 143 Å². The van der Waals surface area contributed by atoms with Gasteiger partial charge in [-0.15, -0.1) is 16.9 Å². The van der Waals surface area contributed by atoms with E-state index in [4.69, 9.17) is 4.74 Å². The van der Waals surface area contributed by atoms with Crippen molar-refractivity contribution in [1.82, 2.24) is 30.4 Å². The third-order valence-electron chi connectivity index (χ3n) is 8.73. The third-order valence-corrected chi connectivity index (χ3v) is 10.3. The number of thioether (sulfide) groups is 1. The van der Waals surface area contributed by atoms with Crippen molar-refractivity contribution in [2.75, 3.05) is 7.11 Å². The van der Waals surface area contributed by atoms with Gasteiger partial charge < -0.3 is 9.64 Å². The van der Waals surface area contributed by atoms with Crippen LogP contribution in [0.2, 0.25) is 0 Å². The minimum Gasteiger partial charge on any atom is -0.497 e. The van der Waals surface area contributed by atoms with Gasteiger partial charge in [-0.3, -0.25) is 10.1 Å². The molecule has 0 spiro atoms. The summed E-state index contributed by atoms with van der Waals surface area (Å²) in [4.78, 5) is 16.3. The molecule has 0 radical (unpaired) electrons. The molecule has 1 amide bonds. The lowest BCUT2D eigenvalue weighted by Crippen LogP contribution is -2.70. The van der Waals surface area contributed by atoms with Crippen LogP contribution in [-0.2, 0) is 16.9 Å². The topological polar surface area (TPSA) is 85.2 Å². The summed E-state index contributed by atoms with van der Waals surface area (Å²) in [5.74, 6) is 1.53. The summed E-state index contributed by atoms with van der Waals surface area (Å²) in [6.45, 7) is 4.85. The number of carbonyl (C=O) groups is 1. The quantitative estimate of drug-likeness (QED) is 0.178. The Kier molecular flexibility index (Phi) is 7.22. The molecule has 4 aromatic carbocycles. The van der Waals surface area contributed by atoms with Gasteiger partial charge in [0.05, 0.1) is 19.2 Å². The Balaban J connectivity index is 1.25. The van der Waals surface area contributed by atoms with Crippen molar-refractivity contribution < 1.29 is 9.53 Å². The van der Waals surface area contributed by atoms with Gasteiger partial charge in [-0.25, -0.2) is 4.68 Å². The minimum atomic E-state index is -0.741. The van der Waals surface area contributed by atoms with Crippen LogP contribution >= 0.6 is 11.8 Å². The van der Waals surface area contributed by atoms with Crippen molar-refractivity contribution in [2.24, 2.45) is 0 Å². The number of carbonyl (C=O) groups excluding carboxylic acids is 1. The van der Waals surface area contributed by atoms with Crippen molar-refractivity contribution in [1.29, 1.82) is 0 Å². The van der Waals surface area contributed by atoms with Gasteiger partial charge in [0.15, 0.2) is 5.82 Å². The summed E-state index contributed by atoms with van der Waals surface area (Å²) in [6, 6.07) is 38.4. The molecule has 2 saturated heterocycles. The van der Waals surface area contributed by atoms with Gasteiger partial charge in [0, 0.05) is 4.75 Å². The van der Waals surface area contributed by atoms with Crippen LogP contribution in [0.5, 0.6) is 5.75 Å². The Labute approximate surface area is 261 Å². The van der Waals surface area contributed by atoms with E-state index >= 15 is 0 Å². The molecule has 2 unspecified atom stereocenters. The molecule has 0 aliphatic carbocycles. The third kappa shape index (κ3) is 4.67. The van der Waals surface area contributed by atoms with Crippen LogP contribution in [0.3, 0.4) is 0 Å². The number of benzene rings is 4. The first-order chi connectivity index (χ1) is 21.4. The highest BCUT2D eigenvalue weighted by molar-refractivity contribution is 8.01. The molecule has 3 heterocycles. The fourth-order valence-electron chi connectivity index (χ4n) is 6.64. The average Bonchev–Trinajstić information content (AvgIpc) is 3.61. The largest absolute Gasteiger partial charge is 0.497 e. The van der Waals surface area contributed by atoms with E-state index < -0.39 is 11.6 Å². The zero-order valence-electron chi connectivity index (χ0n) is 24.9. The second-order valence-electron chi connectivity index (χ2n) is 11.8. The molecule has 8 nitrogen and oxygen atoms in total. The fraction of sp³-hybridized carbons (Fsp3) is 0.257. The summed E-state index contributed by atoms with van der Waals surface area (Å²) in [5, 5.41) is 16.7. The molecule has 2 aliphatic rings. The van der Waals surface area contributed by atoms with Crippen molar-refractivity contribution in [2.45, 2.75) is 48.1 Å². The van der Waals surface area contributed by atoms with E-state index in [0.717, 1.165) is 28.0 Å². The van der Waals surface area contributed by atoms with Crippen LogP contribution in [0.1, 0.15) is 48.0 Å². The Hall–Kier alpha value is -4.47. The lowest BCUT2D eigenvalue weighted by atomic mass is 9.76. The molecule has 0 bridgehead atoms. The first kappa shape index (κ1) is 28.3. The number of ether oxygens (including phenoxy) is 1. The molecule has 5 aromatic rings. The predicted molar refractivity (Wildman–Crippen MR) is 171 cm³/mol. The van der Waals surface area contributed by atoms with Gasteiger partial charge >= 0.3 is 0 Å². The summed E-state index contributed by atoms with van der Waals surface area (Å²) in [7, 11) is 1.65. The Morgan fingerprint density at radius 1 is 0.841 bits per heavy atom. The van der Waals surface area contributed by atoms with Gasteiger partial charge in [0.25, 0.3) is 0 Å². The second-order valence-corrected chi connectivity index (χ2v) is 13.5. The van der Waals surface area contributed by atoms with E-state index in [1.165, 1.54) is 0 Å². The summed E-state index contributed by atoms with van der Waals surface area (Å²) in [5.41, 5.74) is 3.53. The van der Waals surface area contributed by atoms with Crippen LogP contribution in [0.4, 0.5) is 0 Å². The number of amides is 1. The summed E-state index contributed by atoms with van der Waals surface area (Å²) < 4.78 is 6.80. The molecule has 1 N–H and O–H groups in total. The molecule has 222 valence electrons. The second kappa shape index (κ2) is 11.2. The fourth-order valence-corrected chi connectivity index (χ4v) is 8.27. The number of nitrogens with zero attached hydrogens (tertiary/aromatic N) is 5. The van der Waals surface area contributed by atoms with E-state index in [-0.39, 0.29) is 22.1 Å². The molecule has 2 aliphatic heterocycles. The van der Waals surface area contributed by atoms with Crippen LogP contribution in [0, 0.1) is 0 Å². The minimum absolute atomic E-state index is 0.0456. The molecule has 3 atom stereocenters. The monoisotopic (exact) mass is 602 g/mol. The number of hydrogen-bond donors (Lipinski definition) is 1. The summed E-state index contributed by atoms with van der Waals surface area (Å²) >= 11 is 1.80. The van der Waals surface area contributed by atoms with E-state index in [0.29, 0.717) is 12.4 Å². The number of methoxy groups -OCH3 is 1. The predicted octanol–water partition coefficient (Wildman–Crippen LogP) is 5.42. The van der Waals surface area contributed by atoms with Crippen molar-refractivity contribution in [3.8, 4) is 5.75 Å². The van der Waals surface area contributed by atoms with Gasteiger partial charge in [0.1, 0.15) is 23.2 Å². The zero-order valence-corrected chi connectivity index (χ0v) is 25.7. The molecular weight excluding hydrogens is 568 g/mol. The zero-order chi connectivity index (χ0) is 30.3. The van der Waals surface area contributed by atoms with Gasteiger partial charge in [-0.05, 0) is 58.7 Å². The number of aromatic nitrogens is 4. The van der Waals surface area contributed by atoms with Gasteiger partial charge in [-0.2, -0.15) is 0 Å². The lowest BCUT2D eigenvalue weighted by molar-refractivity contribution is -0.150. The van der Waals surface area contributed by atoms with Crippen molar-refractivity contribution in [3.63, 3.8) is 0 Å². The Morgan fingerprint density at radius 3 is 1.91 bits per heavy atom. The van der Waals surface area contributed by atoms with Gasteiger partial charge in [-0.1, -0.05) is 103 Å². The highest BCUT2D eigenvalue weighted by Crippen LogP contribution is 2.57. The van der Waals surface area contributed by atoms with Crippen LogP contribution in [-0.4, -0.2) is 54.3 Å². The maximum absolute atomic E-state index is 14.3. The smallest absolute Gasteiger partial charge is 0.244 e. The first-order valence-electron chi connectivity index (χ1n) is 14.8. The maximum atomic E-state index is 14.3. The molecule has 44 heavy (non-hydrogen) atoms. The molecule has 1 aromatic heterocycles. The number of β-lactam (4-membered cyclic amide) rings is 1. The highest BCUT2D eigenvalue weighted by Gasteiger charge is 2.64. The highest BCUT2D eigenvalue weighted by atomic mass is 32.2. The summed E-state index contributed by atoms with van der Waals surface area (Å²) in [6.07, 6.45) is 0. The van der Waals surface area contributed by atoms with Crippen LogP contribution in [0.15, 0.2) is 115 Å². The van der Waals surface area contributed by atoms with E-state index in [1.807, 2.05) is 52.0 Å². The van der Waals surface area contributed by atoms with E-state index in [9.17, 15) is 4.79 Å². The molecule has 2 fully saturated rings. The number of tetrazole rings is 1. The number of nitrogens with one attached hydrogen (secondary N) is 1. The number of hydrogen-bond acceptors (Lipinski definition) is 7. The van der Waals surface area contributed by atoms with E-state index in [2.05, 4.69) is 107 Å². The normalized spacial score (nSPS) is 20.7. The number of fused-ring (bicyclic) bond motifs is 1. The van der Waals surface area contributed by atoms with Crippen molar-refractivity contribution >= 4 is 17.7 Å². The number of rotatable bonds is 9. The lowest BCUT2D eigenvalue weighted by Gasteiger charge is -2.49. The van der Waals surface area contributed by atoms with E-state index in [1.54, 1.807) is 18.9 Å². The molecule has 7 rings (SSSR count). The Bertz CT molecular complexity index is 1650.